The fourth-order valence-corrected chi connectivity index (χ4v) is 4.91. The molecule has 0 spiro atoms. The van der Waals surface area contributed by atoms with Gasteiger partial charge in [0.05, 0.1) is 28.8 Å². The Labute approximate surface area is 200 Å². The van der Waals surface area contributed by atoms with E-state index in [2.05, 4.69) is 4.98 Å². The number of amides is 2. The first-order valence-corrected chi connectivity index (χ1v) is 12.1. The number of rotatable bonds is 9. The van der Waals surface area contributed by atoms with Gasteiger partial charge in [0.1, 0.15) is 12.2 Å². The lowest BCUT2D eigenvalue weighted by molar-refractivity contribution is -0.142. The number of methoxy groups -OCH3 is 1. The van der Waals surface area contributed by atoms with Gasteiger partial charge in [-0.1, -0.05) is 36.2 Å². The van der Waals surface area contributed by atoms with Crippen LogP contribution < -0.4 is 0 Å². The third-order valence-corrected chi connectivity index (χ3v) is 7.10. The minimum atomic E-state index is -1.48. The maximum absolute atomic E-state index is 12.8. The number of esters is 1. The first-order chi connectivity index (χ1) is 16.4. The maximum Gasteiger partial charge on any atom is 0.314 e. The van der Waals surface area contributed by atoms with Crippen molar-refractivity contribution in [3.05, 3.63) is 83.4 Å². The van der Waals surface area contributed by atoms with Gasteiger partial charge < -0.3 is 4.74 Å². The van der Waals surface area contributed by atoms with Gasteiger partial charge in [-0.25, -0.2) is 9.19 Å². The van der Waals surface area contributed by atoms with Crippen LogP contribution in [0.15, 0.2) is 66.0 Å². The van der Waals surface area contributed by atoms with Gasteiger partial charge in [0.15, 0.2) is 11.0 Å². The van der Waals surface area contributed by atoms with Crippen LogP contribution in [0.3, 0.4) is 0 Å². The van der Waals surface area contributed by atoms with E-state index in [0.717, 1.165) is 5.56 Å². The second-order valence-electron chi connectivity index (χ2n) is 8.10. The Hall–Kier alpha value is -3.59. The molecule has 0 saturated heterocycles. The lowest BCUT2D eigenvalue weighted by atomic mass is 9.99. The molecular formula is C25H25N3O5S. The first-order valence-electron chi connectivity index (χ1n) is 11.0. The minimum Gasteiger partial charge on any atom is -0.469 e. The Morgan fingerprint density at radius 3 is 2.29 bits per heavy atom. The van der Waals surface area contributed by atoms with Gasteiger partial charge in [0, 0.05) is 12.7 Å². The van der Waals surface area contributed by atoms with Crippen molar-refractivity contribution in [3.8, 4) is 0 Å². The monoisotopic (exact) mass is 479 g/mol. The van der Waals surface area contributed by atoms with E-state index in [9.17, 15) is 18.6 Å². The normalized spacial score (nSPS) is 14.7. The number of fused-ring (bicyclic) bond motifs is 1. The average molecular weight is 480 g/mol. The largest absolute Gasteiger partial charge is 0.469 e. The Morgan fingerprint density at radius 1 is 1.03 bits per heavy atom. The number of hydrogen-bond donors (Lipinski definition) is 0. The van der Waals surface area contributed by atoms with E-state index in [1.165, 1.54) is 22.3 Å². The summed E-state index contributed by atoms with van der Waals surface area (Å²) in [6.07, 6.45) is 4.57. The fraction of sp³-hybridized carbons (Fsp3) is 0.280. The number of carbonyl (C=O) groups excluding carboxylic acids is 3. The van der Waals surface area contributed by atoms with Crippen molar-refractivity contribution in [2.75, 3.05) is 13.7 Å². The Balaban J connectivity index is 1.38. The highest BCUT2D eigenvalue weighted by atomic mass is 32.2. The highest BCUT2D eigenvalue weighted by molar-refractivity contribution is 7.83. The zero-order valence-corrected chi connectivity index (χ0v) is 19.8. The van der Waals surface area contributed by atoms with E-state index in [1.54, 1.807) is 42.6 Å². The molecule has 1 aliphatic rings. The highest BCUT2D eigenvalue weighted by Gasteiger charge is 2.34. The molecule has 2 amide bonds. The van der Waals surface area contributed by atoms with Crippen molar-refractivity contribution in [3.63, 3.8) is 0 Å². The van der Waals surface area contributed by atoms with Crippen LogP contribution in [0.2, 0.25) is 0 Å². The number of imidazole rings is 1. The standard InChI is InChI=1S/C25H25N3O5S/c1-17-10-12-18(13-11-17)34(32)27-15-22(26-16-27)21(25(31)33-2)9-5-6-14-28-23(29)19-7-3-4-8-20(19)24(28)30/h3-4,7-8,10-13,15-16,21H,5-6,9,14H2,1-2H3. The summed E-state index contributed by atoms with van der Waals surface area (Å²) in [5, 5.41) is 0. The molecule has 0 fully saturated rings. The number of nitrogens with zero attached hydrogens (tertiary/aromatic N) is 3. The SMILES string of the molecule is COC(=O)C(CCCCN1C(=O)c2ccccc2C1=O)c1cn(S(=O)c2ccc(C)cc2)cn1. The molecule has 2 heterocycles. The van der Waals surface area contributed by atoms with Gasteiger partial charge in [-0.3, -0.25) is 23.3 Å². The zero-order valence-electron chi connectivity index (χ0n) is 19.0. The maximum atomic E-state index is 12.8. The molecule has 0 saturated carbocycles. The Bertz CT molecular complexity index is 1220. The molecule has 3 aromatic rings. The first kappa shape index (κ1) is 23.6. The van der Waals surface area contributed by atoms with Gasteiger partial charge in [-0.05, 0) is 44.0 Å². The van der Waals surface area contributed by atoms with Crippen LogP contribution in [0.4, 0.5) is 0 Å². The van der Waals surface area contributed by atoms with Crippen molar-refractivity contribution in [2.45, 2.75) is 37.0 Å². The predicted molar refractivity (Wildman–Crippen MR) is 126 cm³/mol. The van der Waals surface area contributed by atoms with Crippen LogP contribution in [-0.2, 0) is 20.5 Å². The van der Waals surface area contributed by atoms with Crippen LogP contribution in [0, 0.1) is 6.92 Å². The second-order valence-corrected chi connectivity index (χ2v) is 9.49. The molecule has 0 aliphatic carbocycles. The number of aryl methyl sites for hydroxylation is 1. The smallest absolute Gasteiger partial charge is 0.314 e. The Morgan fingerprint density at radius 2 is 1.68 bits per heavy atom. The van der Waals surface area contributed by atoms with Crippen LogP contribution in [-0.4, -0.2) is 49.5 Å². The summed E-state index contributed by atoms with van der Waals surface area (Å²) in [6, 6.07) is 14.1. The summed E-state index contributed by atoms with van der Waals surface area (Å²) >= 11 is 0. The molecule has 0 radical (unpaired) electrons. The third kappa shape index (κ3) is 4.70. The molecule has 8 nitrogen and oxygen atoms in total. The number of unbranched alkanes of at least 4 members (excludes halogenated alkanes) is 1. The summed E-state index contributed by atoms with van der Waals surface area (Å²) in [5.74, 6) is -1.65. The summed E-state index contributed by atoms with van der Waals surface area (Å²) < 4.78 is 19.3. The van der Waals surface area contributed by atoms with Gasteiger partial charge in [0.2, 0.25) is 0 Å². The van der Waals surface area contributed by atoms with Crippen molar-refractivity contribution >= 4 is 28.8 Å². The number of carbonyl (C=O) groups is 3. The van der Waals surface area contributed by atoms with E-state index in [4.69, 9.17) is 4.74 Å². The van der Waals surface area contributed by atoms with Crippen LogP contribution in [0.1, 0.15) is 57.2 Å². The van der Waals surface area contributed by atoms with Crippen molar-refractivity contribution in [2.24, 2.45) is 0 Å². The molecule has 9 heteroatoms. The lowest BCUT2D eigenvalue weighted by Crippen LogP contribution is -2.30. The summed E-state index contributed by atoms with van der Waals surface area (Å²) in [5.41, 5.74) is 2.38. The van der Waals surface area contributed by atoms with E-state index in [1.807, 2.05) is 19.1 Å². The second kappa shape index (κ2) is 10.1. The predicted octanol–water partition coefficient (Wildman–Crippen LogP) is 3.49. The molecule has 2 aromatic carbocycles. The molecule has 0 N–H and O–H groups in total. The highest BCUT2D eigenvalue weighted by Crippen LogP contribution is 2.26. The molecule has 1 aliphatic heterocycles. The third-order valence-electron chi connectivity index (χ3n) is 5.84. The van der Waals surface area contributed by atoms with Crippen LogP contribution >= 0.6 is 0 Å². The topological polar surface area (TPSA) is 98.6 Å². The van der Waals surface area contributed by atoms with Crippen molar-refractivity contribution in [1.29, 1.82) is 0 Å². The average Bonchev–Trinajstić information content (AvgIpc) is 3.43. The lowest BCUT2D eigenvalue weighted by Gasteiger charge is -2.15. The van der Waals surface area contributed by atoms with E-state index in [-0.39, 0.29) is 18.4 Å². The summed E-state index contributed by atoms with van der Waals surface area (Å²) in [7, 11) is -0.167. The molecule has 176 valence electrons. The molecule has 34 heavy (non-hydrogen) atoms. The van der Waals surface area contributed by atoms with E-state index in [0.29, 0.717) is 41.0 Å². The minimum absolute atomic E-state index is 0.270. The molecule has 0 bridgehead atoms. The fourth-order valence-electron chi connectivity index (χ4n) is 3.96. The molecule has 2 unspecified atom stereocenters. The van der Waals surface area contributed by atoms with Crippen molar-refractivity contribution < 1.29 is 23.3 Å². The molecule has 1 aromatic heterocycles. The molecule has 4 rings (SSSR count). The van der Waals surface area contributed by atoms with E-state index < -0.39 is 22.9 Å². The van der Waals surface area contributed by atoms with Gasteiger partial charge in [0.25, 0.3) is 11.8 Å². The number of aromatic nitrogens is 2. The molecular weight excluding hydrogens is 454 g/mol. The number of benzene rings is 2. The van der Waals surface area contributed by atoms with E-state index >= 15 is 0 Å². The number of imide groups is 1. The quantitative estimate of drug-likeness (QED) is 0.265. The van der Waals surface area contributed by atoms with Crippen LogP contribution in [0.5, 0.6) is 0 Å². The molecule has 2 atom stereocenters. The van der Waals surface area contributed by atoms with Crippen molar-refractivity contribution in [1.82, 2.24) is 13.9 Å². The summed E-state index contributed by atoms with van der Waals surface area (Å²) in [4.78, 5) is 43.6. The summed E-state index contributed by atoms with van der Waals surface area (Å²) in [6.45, 7) is 2.23. The van der Waals surface area contributed by atoms with Crippen LogP contribution in [0.25, 0.3) is 0 Å². The van der Waals surface area contributed by atoms with Gasteiger partial charge in [-0.15, -0.1) is 0 Å². The zero-order chi connectivity index (χ0) is 24.2. The number of ether oxygens (including phenoxy) is 1. The van der Waals surface area contributed by atoms with Gasteiger partial charge in [-0.2, -0.15) is 0 Å². The Kier molecular flexibility index (Phi) is 7.02. The van der Waals surface area contributed by atoms with Gasteiger partial charge >= 0.3 is 5.97 Å². The number of hydrogen-bond acceptors (Lipinski definition) is 6.